The van der Waals surface area contributed by atoms with E-state index in [1.807, 2.05) is 0 Å². The predicted octanol–water partition coefficient (Wildman–Crippen LogP) is 4.01. The van der Waals surface area contributed by atoms with Crippen molar-refractivity contribution in [3.8, 4) is 0 Å². The zero-order chi connectivity index (χ0) is 13.8. The van der Waals surface area contributed by atoms with Gasteiger partial charge in [0.25, 0.3) is 0 Å². The molecule has 0 aliphatic rings. The van der Waals surface area contributed by atoms with E-state index in [1.54, 1.807) is 12.1 Å². The molecule has 0 heterocycles. The molecular formula is C14H20F3N. The fourth-order valence-corrected chi connectivity index (χ4v) is 1.73. The highest BCUT2D eigenvalue weighted by molar-refractivity contribution is 5.24. The number of hydrogen-bond acceptors (Lipinski definition) is 1. The Labute approximate surface area is 106 Å². The lowest BCUT2D eigenvalue weighted by Crippen LogP contribution is -2.23. The highest BCUT2D eigenvalue weighted by Gasteiger charge is 2.29. The van der Waals surface area contributed by atoms with Crippen molar-refractivity contribution in [3.05, 3.63) is 35.4 Å². The van der Waals surface area contributed by atoms with Crippen LogP contribution in [-0.4, -0.2) is 6.54 Å². The molecule has 0 saturated heterocycles. The number of benzene rings is 1. The molecule has 0 aliphatic carbocycles. The molecule has 1 nitrogen and oxygen atoms in total. The fourth-order valence-electron chi connectivity index (χ4n) is 1.73. The molecule has 0 spiro atoms. The molecule has 102 valence electrons. The molecule has 0 aromatic heterocycles. The molecule has 0 saturated carbocycles. The molecule has 1 aromatic carbocycles. The van der Waals surface area contributed by atoms with E-state index in [4.69, 9.17) is 5.73 Å². The van der Waals surface area contributed by atoms with Crippen LogP contribution in [0.1, 0.15) is 37.8 Å². The first-order valence-electron chi connectivity index (χ1n) is 6.11. The van der Waals surface area contributed by atoms with E-state index in [-0.39, 0.29) is 5.41 Å². The highest BCUT2D eigenvalue weighted by atomic mass is 19.4. The van der Waals surface area contributed by atoms with Gasteiger partial charge >= 0.3 is 6.18 Å². The molecule has 0 fully saturated rings. The van der Waals surface area contributed by atoms with Crippen LogP contribution in [0.2, 0.25) is 0 Å². The lowest BCUT2D eigenvalue weighted by Gasteiger charge is -2.21. The van der Waals surface area contributed by atoms with Gasteiger partial charge in [0.15, 0.2) is 0 Å². The van der Waals surface area contributed by atoms with Gasteiger partial charge in [-0.15, -0.1) is 0 Å². The van der Waals surface area contributed by atoms with Gasteiger partial charge in [0.1, 0.15) is 0 Å². The van der Waals surface area contributed by atoms with Crippen molar-refractivity contribution < 1.29 is 13.2 Å². The Morgan fingerprint density at radius 2 is 1.61 bits per heavy atom. The third-order valence-corrected chi connectivity index (χ3v) is 3.15. The molecule has 18 heavy (non-hydrogen) atoms. The van der Waals surface area contributed by atoms with Crippen molar-refractivity contribution in [1.82, 2.24) is 0 Å². The lowest BCUT2D eigenvalue weighted by atomic mass is 9.87. The minimum absolute atomic E-state index is 0.103. The summed E-state index contributed by atoms with van der Waals surface area (Å²) in [6.45, 7) is 4.82. The minimum atomic E-state index is -4.25. The molecule has 0 unspecified atom stereocenters. The predicted molar refractivity (Wildman–Crippen MR) is 67.2 cm³/mol. The average Bonchev–Trinajstić information content (AvgIpc) is 2.28. The third-order valence-electron chi connectivity index (χ3n) is 3.15. The van der Waals surface area contributed by atoms with Crippen LogP contribution < -0.4 is 5.73 Å². The molecule has 2 N–H and O–H groups in total. The molecule has 1 aromatic rings. The summed E-state index contributed by atoms with van der Waals surface area (Å²) in [4.78, 5) is 0. The second kappa shape index (κ2) is 5.74. The molecule has 0 atom stereocenters. The molecule has 0 radical (unpaired) electrons. The molecule has 0 bridgehead atoms. The highest BCUT2D eigenvalue weighted by Crippen LogP contribution is 2.29. The first-order chi connectivity index (χ1) is 8.24. The standard InChI is InChI=1S/C14H20F3N/c1-13(2,10-18)9-3-4-11-5-7-12(8-6-11)14(15,16)17/h5-8H,3-4,9-10,18H2,1-2H3. The van der Waals surface area contributed by atoms with Gasteiger partial charge in [-0.1, -0.05) is 26.0 Å². The van der Waals surface area contributed by atoms with Crippen LogP contribution >= 0.6 is 0 Å². The van der Waals surface area contributed by atoms with Gasteiger partial charge in [0.05, 0.1) is 5.56 Å². The number of halogens is 3. The van der Waals surface area contributed by atoms with Gasteiger partial charge in [0.2, 0.25) is 0 Å². The van der Waals surface area contributed by atoms with E-state index >= 15 is 0 Å². The van der Waals surface area contributed by atoms with Crippen LogP contribution in [0.25, 0.3) is 0 Å². The topological polar surface area (TPSA) is 26.0 Å². The number of rotatable bonds is 5. The van der Waals surface area contributed by atoms with E-state index in [0.717, 1.165) is 37.0 Å². The second-order valence-corrected chi connectivity index (χ2v) is 5.42. The smallest absolute Gasteiger partial charge is 0.330 e. The maximum absolute atomic E-state index is 12.4. The summed E-state index contributed by atoms with van der Waals surface area (Å²) in [5, 5.41) is 0. The number of hydrogen-bond donors (Lipinski definition) is 1. The summed E-state index contributed by atoms with van der Waals surface area (Å²) in [6.07, 6.45) is -1.54. The molecular weight excluding hydrogens is 239 g/mol. The normalized spacial score (nSPS) is 12.8. The van der Waals surface area contributed by atoms with Gasteiger partial charge in [-0.25, -0.2) is 0 Å². The third kappa shape index (κ3) is 4.69. The van der Waals surface area contributed by atoms with Crippen LogP contribution in [-0.2, 0) is 12.6 Å². The Hall–Kier alpha value is -1.03. The zero-order valence-corrected chi connectivity index (χ0v) is 10.8. The van der Waals surface area contributed by atoms with E-state index in [1.165, 1.54) is 0 Å². The molecule has 4 heteroatoms. The first-order valence-corrected chi connectivity index (χ1v) is 6.11. The maximum Gasteiger partial charge on any atom is 0.416 e. The monoisotopic (exact) mass is 259 g/mol. The molecule has 0 aliphatic heterocycles. The largest absolute Gasteiger partial charge is 0.416 e. The average molecular weight is 259 g/mol. The van der Waals surface area contributed by atoms with Gasteiger partial charge in [-0.2, -0.15) is 13.2 Å². The maximum atomic E-state index is 12.4. The fraction of sp³-hybridized carbons (Fsp3) is 0.571. The Kier molecular flexibility index (Phi) is 4.79. The SMILES string of the molecule is CC(C)(CN)CCCc1ccc(C(F)(F)F)cc1. The number of nitrogens with two attached hydrogens (primary N) is 1. The van der Waals surface area contributed by atoms with E-state index in [2.05, 4.69) is 13.8 Å². The van der Waals surface area contributed by atoms with Crippen molar-refractivity contribution in [1.29, 1.82) is 0 Å². The van der Waals surface area contributed by atoms with Gasteiger partial charge in [0, 0.05) is 0 Å². The molecule has 0 amide bonds. The van der Waals surface area contributed by atoms with Gasteiger partial charge in [-0.05, 0) is 48.9 Å². The van der Waals surface area contributed by atoms with Gasteiger partial charge in [-0.3, -0.25) is 0 Å². The van der Waals surface area contributed by atoms with Crippen LogP contribution in [0, 0.1) is 5.41 Å². The minimum Gasteiger partial charge on any atom is -0.330 e. The summed E-state index contributed by atoms with van der Waals surface area (Å²) in [5.41, 5.74) is 6.08. The van der Waals surface area contributed by atoms with Crippen molar-refractivity contribution in [2.45, 2.75) is 39.3 Å². The van der Waals surface area contributed by atoms with Crippen LogP contribution in [0.15, 0.2) is 24.3 Å². The van der Waals surface area contributed by atoms with E-state index < -0.39 is 11.7 Å². The lowest BCUT2D eigenvalue weighted by molar-refractivity contribution is -0.137. The summed E-state index contributed by atoms with van der Waals surface area (Å²) in [7, 11) is 0. The van der Waals surface area contributed by atoms with E-state index in [0.29, 0.717) is 6.54 Å². The van der Waals surface area contributed by atoms with Crippen molar-refractivity contribution in [2.75, 3.05) is 6.54 Å². The second-order valence-electron chi connectivity index (χ2n) is 5.42. The van der Waals surface area contributed by atoms with Crippen LogP contribution in [0.5, 0.6) is 0 Å². The van der Waals surface area contributed by atoms with Crippen molar-refractivity contribution in [2.24, 2.45) is 11.1 Å². The van der Waals surface area contributed by atoms with Crippen LogP contribution in [0.3, 0.4) is 0 Å². The zero-order valence-electron chi connectivity index (χ0n) is 10.8. The van der Waals surface area contributed by atoms with Crippen molar-refractivity contribution in [3.63, 3.8) is 0 Å². The number of aryl methyl sites for hydroxylation is 1. The van der Waals surface area contributed by atoms with Gasteiger partial charge < -0.3 is 5.73 Å². The Morgan fingerprint density at radius 3 is 2.06 bits per heavy atom. The van der Waals surface area contributed by atoms with Crippen LogP contribution in [0.4, 0.5) is 13.2 Å². The summed E-state index contributed by atoms with van der Waals surface area (Å²) in [6, 6.07) is 5.39. The summed E-state index contributed by atoms with van der Waals surface area (Å²) in [5.74, 6) is 0. The van der Waals surface area contributed by atoms with Crippen molar-refractivity contribution >= 4 is 0 Å². The summed E-state index contributed by atoms with van der Waals surface area (Å²) >= 11 is 0. The Morgan fingerprint density at radius 1 is 1.06 bits per heavy atom. The Balaban J connectivity index is 2.50. The Bertz CT molecular complexity index is 366. The van der Waals surface area contributed by atoms with E-state index in [9.17, 15) is 13.2 Å². The quantitative estimate of drug-likeness (QED) is 0.849. The number of alkyl halides is 3. The first kappa shape index (κ1) is 15.0. The molecule has 1 rings (SSSR count). The summed E-state index contributed by atoms with van der Waals surface area (Å²) < 4.78 is 37.1.